The summed E-state index contributed by atoms with van der Waals surface area (Å²) in [6.07, 6.45) is -0.287. The number of aryl methyl sites for hydroxylation is 1. The Bertz CT molecular complexity index is 820. The van der Waals surface area contributed by atoms with Gasteiger partial charge < -0.3 is 24.8 Å². The Labute approximate surface area is 158 Å². The molecule has 0 radical (unpaired) electrons. The van der Waals surface area contributed by atoms with E-state index < -0.39 is 5.91 Å². The van der Waals surface area contributed by atoms with Crippen molar-refractivity contribution < 1.29 is 23.8 Å². The Kier molecular flexibility index (Phi) is 7.05. The summed E-state index contributed by atoms with van der Waals surface area (Å²) in [5.74, 6) is 0.935. The predicted octanol–water partition coefficient (Wildman–Crippen LogP) is 2.67. The van der Waals surface area contributed by atoms with Crippen molar-refractivity contribution in [3.8, 4) is 17.2 Å². The maximum absolute atomic E-state index is 12.1. The van der Waals surface area contributed by atoms with Crippen LogP contribution < -0.4 is 24.8 Å². The number of methoxy groups -OCH3 is 3. The maximum Gasteiger partial charge on any atom is 0.233 e. The summed E-state index contributed by atoms with van der Waals surface area (Å²) in [5, 5.41) is 5.42. The van der Waals surface area contributed by atoms with Gasteiger partial charge in [0, 0.05) is 6.54 Å². The maximum atomic E-state index is 12.1. The topological polar surface area (TPSA) is 85.9 Å². The number of anilines is 1. The fraction of sp³-hybridized carbons (Fsp3) is 0.300. The van der Waals surface area contributed by atoms with Crippen molar-refractivity contribution in [2.24, 2.45) is 0 Å². The minimum atomic E-state index is -0.413. The number of hydrogen-bond acceptors (Lipinski definition) is 5. The number of amides is 2. The molecule has 0 fully saturated rings. The summed E-state index contributed by atoms with van der Waals surface area (Å²) in [4.78, 5) is 24.2. The first-order valence-electron chi connectivity index (χ1n) is 8.39. The molecule has 0 heterocycles. The van der Waals surface area contributed by atoms with Crippen molar-refractivity contribution >= 4 is 17.5 Å². The van der Waals surface area contributed by atoms with Gasteiger partial charge in [-0.25, -0.2) is 0 Å². The first-order valence-corrected chi connectivity index (χ1v) is 8.39. The molecule has 2 amide bonds. The van der Waals surface area contributed by atoms with Gasteiger partial charge in [-0.05, 0) is 42.3 Å². The molecule has 0 saturated carbocycles. The lowest BCUT2D eigenvalue weighted by Crippen LogP contribution is -2.27. The molecule has 144 valence electrons. The van der Waals surface area contributed by atoms with Crippen molar-refractivity contribution in [1.29, 1.82) is 0 Å². The summed E-state index contributed by atoms with van der Waals surface area (Å²) in [5.41, 5.74) is 2.35. The molecule has 0 aliphatic carbocycles. The van der Waals surface area contributed by atoms with E-state index in [2.05, 4.69) is 10.6 Å². The zero-order valence-corrected chi connectivity index (χ0v) is 15.9. The van der Waals surface area contributed by atoms with Gasteiger partial charge in [0.15, 0.2) is 11.5 Å². The Morgan fingerprint density at radius 3 is 2.19 bits per heavy atom. The number of ether oxygens (including phenoxy) is 3. The predicted molar refractivity (Wildman–Crippen MR) is 102 cm³/mol. The molecular formula is C20H24N2O5. The molecule has 0 unspecified atom stereocenters. The normalized spacial score (nSPS) is 10.1. The molecule has 27 heavy (non-hydrogen) atoms. The van der Waals surface area contributed by atoms with Crippen LogP contribution in [0.1, 0.15) is 17.5 Å². The molecule has 2 aromatic rings. The molecule has 0 bridgehead atoms. The second kappa shape index (κ2) is 9.47. The highest BCUT2D eigenvalue weighted by Gasteiger charge is 2.13. The van der Waals surface area contributed by atoms with Crippen molar-refractivity contribution in [2.75, 3.05) is 26.6 Å². The van der Waals surface area contributed by atoms with Crippen LogP contribution in [0.25, 0.3) is 0 Å². The SMILES string of the molecule is COc1ccc(C)cc1NC(=O)CC(=O)NCc1ccc(OC)c(OC)c1. The summed E-state index contributed by atoms with van der Waals surface area (Å²) in [6.45, 7) is 2.19. The van der Waals surface area contributed by atoms with Crippen LogP contribution in [-0.2, 0) is 16.1 Å². The second-order valence-corrected chi connectivity index (χ2v) is 5.89. The molecule has 0 aliphatic heterocycles. The van der Waals surface area contributed by atoms with Crippen LogP contribution >= 0.6 is 0 Å². The van der Waals surface area contributed by atoms with Gasteiger partial charge in [-0.15, -0.1) is 0 Å². The summed E-state index contributed by atoms with van der Waals surface area (Å²) >= 11 is 0. The fourth-order valence-corrected chi connectivity index (χ4v) is 2.51. The van der Waals surface area contributed by atoms with Crippen LogP contribution in [0.3, 0.4) is 0 Å². The molecule has 0 aliphatic rings. The number of nitrogens with one attached hydrogen (secondary N) is 2. The van der Waals surface area contributed by atoms with Gasteiger partial charge >= 0.3 is 0 Å². The van der Waals surface area contributed by atoms with E-state index >= 15 is 0 Å². The monoisotopic (exact) mass is 372 g/mol. The van der Waals surface area contributed by atoms with Gasteiger partial charge in [0.1, 0.15) is 12.2 Å². The van der Waals surface area contributed by atoms with E-state index in [1.165, 1.54) is 7.11 Å². The van der Waals surface area contributed by atoms with E-state index in [1.807, 2.05) is 19.1 Å². The second-order valence-electron chi connectivity index (χ2n) is 5.89. The average Bonchev–Trinajstić information content (AvgIpc) is 2.66. The fourth-order valence-electron chi connectivity index (χ4n) is 2.51. The first kappa shape index (κ1) is 20.1. The van der Waals surface area contributed by atoms with Crippen LogP contribution in [0.15, 0.2) is 36.4 Å². The van der Waals surface area contributed by atoms with Gasteiger partial charge in [0.05, 0.1) is 27.0 Å². The van der Waals surface area contributed by atoms with Crippen molar-refractivity contribution in [3.05, 3.63) is 47.5 Å². The molecule has 7 heteroatoms. The lowest BCUT2D eigenvalue weighted by molar-refractivity contribution is -0.126. The van der Waals surface area contributed by atoms with E-state index in [-0.39, 0.29) is 18.9 Å². The average molecular weight is 372 g/mol. The smallest absolute Gasteiger partial charge is 0.233 e. The quantitative estimate of drug-likeness (QED) is 0.696. The molecule has 0 spiro atoms. The zero-order chi connectivity index (χ0) is 19.8. The lowest BCUT2D eigenvalue weighted by atomic mass is 10.2. The van der Waals surface area contributed by atoms with Crippen LogP contribution in [-0.4, -0.2) is 33.1 Å². The number of benzene rings is 2. The van der Waals surface area contributed by atoms with Gasteiger partial charge in [-0.2, -0.15) is 0 Å². The number of carbonyl (C=O) groups excluding carboxylic acids is 2. The molecule has 2 rings (SSSR count). The van der Waals surface area contributed by atoms with Gasteiger partial charge in [0.2, 0.25) is 11.8 Å². The first-order chi connectivity index (χ1) is 13.0. The standard InChI is InChI=1S/C20H24N2O5/c1-13-5-7-16(25-2)15(9-13)22-20(24)11-19(23)21-12-14-6-8-17(26-3)18(10-14)27-4/h5-10H,11-12H2,1-4H3,(H,21,23)(H,22,24). The zero-order valence-electron chi connectivity index (χ0n) is 15.9. The number of hydrogen-bond donors (Lipinski definition) is 2. The van der Waals surface area contributed by atoms with E-state index in [0.717, 1.165) is 11.1 Å². The minimum Gasteiger partial charge on any atom is -0.495 e. The Hall–Kier alpha value is -3.22. The van der Waals surface area contributed by atoms with E-state index in [9.17, 15) is 9.59 Å². The van der Waals surface area contributed by atoms with Crippen LogP contribution in [0.5, 0.6) is 17.2 Å². The lowest BCUT2D eigenvalue weighted by Gasteiger charge is -2.12. The van der Waals surface area contributed by atoms with Crippen LogP contribution in [0.4, 0.5) is 5.69 Å². The number of carbonyl (C=O) groups is 2. The molecule has 7 nitrogen and oxygen atoms in total. The van der Waals surface area contributed by atoms with E-state index in [4.69, 9.17) is 14.2 Å². The Morgan fingerprint density at radius 1 is 0.852 bits per heavy atom. The molecule has 2 aromatic carbocycles. The highest BCUT2D eigenvalue weighted by molar-refractivity contribution is 6.04. The highest BCUT2D eigenvalue weighted by Crippen LogP contribution is 2.27. The third kappa shape index (κ3) is 5.64. The van der Waals surface area contributed by atoms with E-state index in [0.29, 0.717) is 22.9 Å². The number of rotatable bonds is 8. The Balaban J connectivity index is 1.90. The van der Waals surface area contributed by atoms with Crippen molar-refractivity contribution in [3.63, 3.8) is 0 Å². The van der Waals surface area contributed by atoms with Gasteiger partial charge in [-0.3, -0.25) is 9.59 Å². The van der Waals surface area contributed by atoms with E-state index in [1.54, 1.807) is 38.5 Å². The molecule has 0 atom stereocenters. The van der Waals surface area contributed by atoms with Crippen LogP contribution in [0.2, 0.25) is 0 Å². The minimum absolute atomic E-state index is 0.278. The molecule has 0 saturated heterocycles. The summed E-state index contributed by atoms with van der Waals surface area (Å²) < 4.78 is 15.6. The largest absolute Gasteiger partial charge is 0.495 e. The highest BCUT2D eigenvalue weighted by atomic mass is 16.5. The third-order valence-corrected chi connectivity index (χ3v) is 3.89. The van der Waals surface area contributed by atoms with Crippen LogP contribution in [0, 0.1) is 6.92 Å². The molecular weight excluding hydrogens is 348 g/mol. The third-order valence-electron chi connectivity index (χ3n) is 3.89. The summed E-state index contributed by atoms with van der Waals surface area (Å²) in [7, 11) is 4.63. The van der Waals surface area contributed by atoms with Crippen molar-refractivity contribution in [2.45, 2.75) is 19.9 Å². The Morgan fingerprint density at radius 2 is 1.52 bits per heavy atom. The molecule has 2 N–H and O–H groups in total. The molecule has 0 aromatic heterocycles. The van der Waals surface area contributed by atoms with Gasteiger partial charge in [0.25, 0.3) is 0 Å². The summed E-state index contributed by atoms with van der Waals surface area (Å²) in [6, 6.07) is 10.8. The van der Waals surface area contributed by atoms with Crippen molar-refractivity contribution in [1.82, 2.24) is 5.32 Å². The van der Waals surface area contributed by atoms with Gasteiger partial charge in [-0.1, -0.05) is 12.1 Å².